The van der Waals surface area contributed by atoms with Crippen LogP contribution >= 0.6 is 0 Å². The lowest BCUT2D eigenvalue weighted by molar-refractivity contribution is 0.508. The molecule has 0 bridgehead atoms. The lowest BCUT2D eigenvalue weighted by Gasteiger charge is -2.05. The third-order valence-electron chi connectivity index (χ3n) is 11.0. The van der Waals surface area contributed by atoms with E-state index in [0.29, 0.717) is 0 Å². The van der Waals surface area contributed by atoms with Gasteiger partial charge in [0.25, 0.3) is 0 Å². The lowest BCUT2D eigenvalue weighted by atomic mass is 10.0. The van der Waals surface area contributed by atoms with Gasteiger partial charge in [-0.05, 0) is 0 Å². The maximum atomic E-state index is 2.31. The minimum absolute atomic E-state index is 1.37. The lowest BCUT2D eigenvalue weighted by Crippen LogP contribution is -1.85. The molecule has 0 heterocycles. The van der Waals surface area contributed by atoms with E-state index >= 15 is 0 Å². The van der Waals surface area contributed by atoms with Crippen LogP contribution in [0.4, 0.5) is 0 Å². The Morgan fingerprint density at radius 1 is 0.109 bits per heavy atom. The molecule has 0 aliphatic rings. The minimum atomic E-state index is 1.37. The zero-order valence-electron chi connectivity index (χ0n) is 33.1. The molecule has 278 valence electrons. The summed E-state index contributed by atoms with van der Waals surface area (Å²) in [4.78, 5) is 0. The van der Waals surface area contributed by atoms with Crippen molar-refractivity contribution in [3.05, 3.63) is 0 Å². The maximum Gasteiger partial charge on any atom is -0.0533 e. The molecule has 0 aromatic rings. The molecule has 0 rings (SSSR count). The van der Waals surface area contributed by atoms with Crippen LogP contribution in [0.25, 0.3) is 0 Å². The van der Waals surface area contributed by atoms with Crippen molar-refractivity contribution in [1.82, 2.24) is 0 Å². The predicted molar refractivity (Wildman–Crippen MR) is 214 cm³/mol. The molecule has 0 spiro atoms. The van der Waals surface area contributed by atoms with Crippen molar-refractivity contribution in [2.75, 3.05) is 0 Å². The van der Waals surface area contributed by atoms with Gasteiger partial charge in [0.1, 0.15) is 0 Å². The number of rotatable bonds is 43. The molecule has 0 saturated carbocycles. The largest absolute Gasteiger partial charge is 0.0654 e. The smallest absolute Gasteiger partial charge is 0.0533 e. The van der Waals surface area contributed by atoms with Gasteiger partial charge in [0.05, 0.1) is 0 Å². The SMILES string of the molecule is CCCCCCCCCCCCCCCCCCCCCCCCCCCCCCCCCCCCCCCCCCCCCC. The van der Waals surface area contributed by atoms with Crippen molar-refractivity contribution < 1.29 is 0 Å². The van der Waals surface area contributed by atoms with Gasteiger partial charge in [0.2, 0.25) is 0 Å². The topological polar surface area (TPSA) is 0 Å². The Morgan fingerprint density at radius 2 is 0.174 bits per heavy atom. The first kappa shape index (κ1) is 46.0. The van der Waals surface area contributed by atoms with Gasteiger partial charge >= 0.3 is 0 Å². The Kier molecular flexibility index (Phi) is 45.0. The highest BCUT2D eigenvalue weighted by molar-refractivity contribution is 4.54. The van der Waals surface area contributed by atoms with Crippen LogP contribution in [0.3, 0.4) is 0 Å². The first-order chi connectivity index (χ1) is 22.9. The Morgan fingerprint density at radius 3 is 0.239 bits per heavy atom. The summed E-state index contributed by atoms with van der Waals surface area (Å²) < 4.78 is 0. The Hall–Kier alpha value is 0. The minimum Gasteiger partial charge on any atom is -0.0654 e. The zero-order chi connectivity index (χ0) is 33.1. The first-order valence-corrected chi connectivity index (χ1v) is 22.9. The van der Waals surface area contributed by atoms with Gasteiger partial charge in [-0.15, -0.1) is 0 Å². The average Bonchev–Trinajstić information content (AvgIpc) is 3.07. The fourth-order valence-corrected chi connectivity index (χ4v) is 7.57. The second-order valence-corrected chi connectivity index (χ2v) is 15.8. The number of hydrogen-bond donors (Lipinski definition) is 0. The van der Waals surface area contributed by atoms with Crippen molar-refractivity contribution in [2.45, 2.75) is 296 Å². The molecule has 0 atom stereocenters. The molecular weight excluding hydrogens is 553 g/mol. The Balaban J connectivity index is 3.03. The van der Waals surface area contributed by atoms with E-state index in [1.807, 2.05) is 0 Å². The summed E-state index contributed by atoms with van der Waals surface area (Å²) in [5.74, 6) is 0. The molecule has 0 N–H and O–H groups in total. The van der Waals surface area contributed by atoms with E-state index in [1.54, 1.807) is 0 Å². The second-order valence-electron chi connectivity index (χ2n) is 15.8. The van der Waals surface area contributed by atoms with Crippen LogP contribution in [0.1, 0.15) is 296 Å². The average molecular weight is 647 g/mol. The summed E-state index contributed by atoms with van der Waals surface area (Å²) in [6.07, 6.45) is 65.4. The predicted octanol–water partition coefficient (Wildman–Crippen LogP) is 18.2. The van der Waals surface area contributed by atoms with Crippen LogP contribution in [0.2, 0.25) is 0 Å². The van der Waals surface area contributed by atoms with Crippen molar-refractivity contribution in [1.29, 1.82) is 0 Å². The summed E-state index contributed by atoms with van der Waals surface area (Å²) in [7, 11) is 0. The molecule has 0 unspecified atom stereocenters. The van der Waals surface area contributed by atoms with Gasteiger partial charge in [-0.3, -0.25) is 0 Å². The van der Waals surface area contributed by atoms with E-state index in [0.717, 1.165) is 0 Å². The van der Waals surface area contributed by atoms with Crippen LogP contribution < -0.4 is 0 Å². The summed E-state index contributed by atoms with van der Waals surface area (Å²) in [6.45, 7) is 4.62. The van der Waals surface area contributed by atoms with E-state index in [-0.39, 0.29) is 0 Å². The van der Waals surface area contributed by atoms with Crippen molar-refractivity contribution in [3.63, 3.8) is 0 Å². The highest BCUT2D eigenvalue weighted by Crippen LogP contribution is 2.18. The zero-order valence-corrected chi connectivity index (χ0v) is 33.1. The summed E-state index contributed by atoms with van der Waals surface area (Å²) in [6, 6.07) is 0. The third kappa shape index (κ3) is 44.0. The van der Waals surface area contributed by atoms with E-state index in [4.69, 9.17) is 0 Å². The molecule has 0 nitrogen and oxygen atoms in total. The van der Waals surface area contributed by atoms with E-state index in [9.17, 15) is 0 Å². The summed E-state index contributed by atoms with van der Waals surface area (Å²) in [5, 5.41) is 0. The highest BCUT2D eigenvalue weighted by Gasteiger charge is 1.98. The van der Waals surface area contributed by atoms with Crippen LogP contribution in [-0.4, -0.2) is 0 Å². The van der Waals surface area contributed by atoms with Gasteiger partial charge in [-0.25, -0.2) is 0 Å². The Labute approximate surface area is 295 Å². The standard InChI is InChI=1S/C46H94/c1-3-5-7-9-11-13-15-17-19-21-23-25-27-29-31-33-35-37-39-41-43-45-46-44-42-40-38-36-34-32-30-28-26-24-22-20-18-16-14-12-10-8-6-4-2/h3-46H2,1-2H3. The molecule has 0 aromatic heterocycles. The van der Waals surface area contributed by atoms with E-state index < -0.39 is 0 Å². The van der Waals surface area contributed by atoms with Gasteiger partial charge in [-0.1, -0.05) is 296 Å². The molecule has 0 saturated heterocycles. The summed E-state index contributed by atoms with van der Waals surface area (Å²) in [5.41, 5.74) is 0. The van der Waals surface area contributed by atoms with Gasteiger partial charge < -0.3 is 0 Å². The Bertz CT molecular complexity index is 436. The maximum absolute atomic E-state index is 2.31. The van der Waals surface area contributed by atoms with E-state index in [2.05, 4.69) is 13.8 Å². The fraction of sp³-hybridized carbons (Fsp3) is 1.00. The first-order valence-electron chi connectivity index (χ1n) is 22.9. The van der Waals surface area contributed by atoms with Crippen LogP contribution in [-0.2, 0) is 0 Å². The quantitative estimate of drug-likeness (QED) is 0.0578. The molecule has 46 heavy (non-hydrogen) atoms. The normalized spacial score (nSPS) is 11.6. The van der Waals surface area contributed by atoms with Gasteiger partial charge in [-0.2, -0.15) is 0 Å². The molecule has 0 amide bonds. The molecule has 0 aliphatic heterocycles. The van der Waals surface area contributed by atoms with Crippen LogP contribution in [0.5, 0.6) is 0 Å². The van der Waals surface area contributed by atoms with Gasteiger partial charge in [0.15, 0.2) is 0 Å². The fourth-order valence-electron chi connectivity index (χ4n) is 7.57. The van der Waals surface area contributed by atoms with Gasteiger partial charge in [0, 0.05) is 0 Å². The van der Waals surface area contributed by atoms with E-state index in [1.165, 1.54) is 283 Å². The monoisotopic (exact) mass is 647 g/mol. The molecule has 0 aliphatic carbocycles. The molecule has 0 radical (unpaired) electrons. The van der Waals surface area contributed by atoms with Crippen molar-refractivity contribution >= 4 is 0 Å². The molecule has 0 fully saturated rings. The number of hydrogen-bond acceptors (Lipinski definition) is 0. The molecule has 0 aromatic carbocycles. The molecule has 0 heteroatoms. The number of unbranched alkanes of at least 4 members (excludes halogenated alkanes) is 43. The van der Waals surface area contributed by atoms with Crippen LogP contribution in [0.15, 0.2) is 0 Å². The van der Waals surface area contributed by atoms with Crippen molar-refractivity contribution in [3.8, 4) is 0 Å². The van der Waals surface area contributed by atoms with Crippen LogP contribution in [0, 0.1) is 0 Å². The highest BCUT2D eigenvalue weighted by atomic mass is 14.0. The summed E-state index contributed by atoms with van der Waals surface area (Å²) >= 11 is 0. The molecular formula is C46H94. The second kappa shape index (κ2) is 45.0. The third-order valence-corrected chi connectivity index (χ3v) is 11.0. The van der Waals surface area contributed by atoms with Crippen molar-refractivity contribution in [2.24, 2.45) is 0 Å².